The maximum absolute atomic E-state index is 8.36. The Morgan fingerprint density at radius 1 is 1.09 bits per heavy atom. The largest absolute Gasteiger partial charge is 0.497 e. The number of carbonyl (C=O) groups is 1. The zero-order valence-electron chi connectivity index (χ0n) is 24.1. The fourth-order valence-electron chi connectivity index (χ4n) is 4.12. The number of nitrogens with zero attached hydrogens (tertiary/aromatic N) is 2. The van der Waals surface area contributed by atoms with Gasteiger partial charge in [-0.15, -0.1) is 0 Å². The molecule has 1 aromatic heterocycles. The van der Waals surface area contributed by atoms with E-state index in [0.29, 0.717) is 12.1 Å². The molecule has 0 aliphatic heterocycles. The summed E-state index contributed by atoms with van der Waals surface area (Å²) in [5, 5.41) is 11.9. The topological polar surface area (TPSA) is 76.0 Å². The van der Waals surface area contributed by atoms with Gasteiger partial charge in [0.2, 0.25) is 0 Å². The van der Waals surface area contributed by atoms with Crippen molar-refractivity contribution in [3.05, 3.63) is 30.0 Å². The van der Waals surface area contributed by atoms with Crippen molar-refractivity contribution in [3.63, 3.8) is 0 Å². The molecular formula is C28H53N3O4. The van der Waals surface area contributed by atoms with Crippen LogP contribution in [0.2, 0.25) is 0 Å². The molecule has 204 valence electrons. The van der Waals surface area contributed by atoms with Crippen LogP contribution >= 0.6 is 0 Å². The number of carboxylic acid groups (broad SMARTS) is 1. The minimum Gasteiger partial charge on any atom is -0.497 e. The van der Waals surface area contributed by atoms with Gasteiger partial charge in [-0.3, -0.25) is 4.79 Å². The lowest BCUT2D eigenvalue weighted by Crippen LogP contribution is -2.33. The third-order valence-corrected chi connectivity index (χ3v) is 5.53. The van der Waals surface area contributed by atoms with Gasteiger partial charge in [-0.1, -0.05) is 34.6 Å². The van der Waals surface area contributed by atoms with Crippen molar-refractivity contribution in [1.82, 2.24) is 14.8 Å². The van der Waals surface area contributed by atoms with Crippen molar-refractivity contribution >= 4 is 17.4 Å². The zero-order chi connectivity index (χ0) is 27.2. The van der Waals surface area contributed by atoms with Gasteiger partial charge >= 0.3 is 0 Å². The predicted octanol–water partition coefficient (Wildman–Crippen LogP) is 5.86. The Hall–Kier alpha value is -2.09. The second-order valence-corrected chi connectivity index (χ2v) is 8.07. The smallest absolute Gasteiger partial charge is 0.290 e. The number of hydrogen-bond donors (Lipinski definition) is 2. The first-order chi connectivity index (χ1) is 16.9. The van der Waals surface area contributed by atoms with E-state index in [-0.39, 0.29) is 6.47 Å². The number of nitrogens with one attached hydrogen (secondary N) is 1. The molecule has 0 atom stereocenters. The van der Waals surface area contributed by atoms with Crippen LogP contribution in [-0.2, 0) is 16.0 Å². The Kier molecular flexibility index (Phi) is 22.4. The van der Waals surface area contributed by atoms with Crippen molar-refractivity contribution < 1.29 is 19.4 Å². The summed E-state index contributed by atoms with van der Waals surface area (Å²) in [6.07, 6.45) is 8.58. The molecule has 0 amide bonds. The molecule has 1 aliphatic rings. The molecule has 0 unspecified atom stereocenters. The lowest BCUT2D eigenvalue weighted by atomic mass is 9.91. The summed E-state index contributed by atoms with van der Waals surface area (Å²) < 4.78 is 12.3. The van der Waals surface area contributed by atoms with Gasteiger partial charge in [0.25, 0.3) is 6.47 Å². The third kappa shape index (κ3) is 13.0. The van der Waals surface area contributed by atoms with Crippen LogP contribution in [0, 0.1) is 0 Å². The maximum atomic E-state index is 8.36. The van der Waals surface area contributed by atoms with Gasteiger partial charge in [-0.05, 0) is 76.5 Å². The number of aromatic nitrogens is 1. The van der Waals surface area contributed by atoms with Crippen LogP contribution in [0.1, 0.15) is 71.9 Å². The lowest BCUT2D eigenvalue weighted by Gasteiger charge is -2.30. The van der Waals surface area contributed by atoms with Gasteiger partial charge < -0.3 is 29.4 Å². The van der Waals surface area contributed by atoms with Gasteiger partial charge in [0, 0.05) is 49.9 Å². The van der Waals surface area contributed by atoms with Crippen LogP contribution in [-0.4, -0.2) is 75.6 Å². The summed E-state index contributed by atoms with van der Waals surface area (Å²) in [5.41, 5.74) is 2.80. The van der Waals surface area contributed by atoms with Gasteiger partial charge in [0.05, 0.1) is 7.11 Å². The molecule has 1 heterocycles. The van der Waals surface area contributed by atoms with E-state index >= 15 is 0 Å². The van der Waals surface area contributed by atoms with Crippen molar-refractivity contribution in [2.75, 3.05) is 48.5 Å². The van der Waals surface area contributed by atoms with E-state index < -0.39 is 0 Å². The van der Waals surface area contributed by atoms with E-state index in [9.17, 15) is 0 Å². The van der Waals surface area contributed by atoms with E-state index in [1.807, 2.05) is 27.7 Å². The molecular weight excluding hydrogens is 442 g/mol. The Morgan fingerprint density at radius 3 is 2.09 bits per heavy atom. The number of likely N-dealkylation sites (N-methyl/N-ethyl adjacent to an activating group) is 1. The van der Waals surface area contributed by atoms with E-state index in [1.165, 1.54) is 42.1 Å². The van der Waals surface area contributed by atoms with Crippen LogP contribution in [0.5, 0.6) is 5.75 Å². The molecule has 35 heavy (non-hydrogen) atoms. The molecule has 7 heteroatoms. The number of methoxy groups -OCH3 is 2. The zero-order valence-corrected chi connectivity index (χ0v) is 24.1. The van der Waals surface area contributed by atoms with Gasteiger partial charge in [0.15, 0.2) is 0 Å². The highest BCUT2D eigenvalue weighted by Crippen LogP contribution is 2.35. The summed E-state index contributed by atoms with van der Waals surface area (Å²) in [5.74, 6) is 0.951. The SMILES string of the molecule is CC.CC.CCNC1CCC(n2cc(CCN(C)C)c3cc(OC)ccc32)CC1.COC.O=CO. The highest BCUT2D eigenvalue weighted by molar-refractivity contribution is 5.85. The van der Waals surface area contributed by atoms with E-state index in [1.54, 1.807) is 21.3 Å². The fraction of sp³-hybridized carbons (Fsp3) is 0.679. The highest BCUT2D eigenvalue weighted by atomic mass is 16.5. The Morgan fingerprint density at radius 2 is 1.63 bits per heavy atom. The van der Waals surface area contributed by atoms with Crippen LogP contribution in [0.25, 0.3) is 10.9 Å². The average Bonchev–Trinajstić information content (AvgIpc) is 3.24. The Bertz CT molecular complexity index is 754. The summed E-state index contributed by atoms with van der Waals surface area (Å²) in [6, 6.07) is 7.87. The molecule has 0 bridgehead atoms. The summed E-state index contributed by atoms with van der Waals surface area (Å²) in [4.78, 5) is 10.6. The van der Waals surface area contributed by atoms with Gasteiger partial charge in [0.1, 0.15) is 5.75 Å². The number of rotatable bonds is 7. The van der Waals surface area contributed by atoms with Crippen LogP contribution in [0.3, 0.4) is 0 Å². The molecule has 7 nitrogen and oxygen atoms in total. The van der Waals surface area contributed by atoms with E-state index in [2.05, 4.69) is 64.9 Å². The summed E-state index contributed by atoms with van der Waals surface area (Å²) >= 11 is 0. The predicted molar refractivity (Wildman–Crippen MR) is 150 cm³/mol. The van der Waals surface area contributed by atoms with Crippen molar-refractivity contribution in [1.29, 1.82) is 0 Å². The number of fused-ring (bicyclic) bond motifs is 1. The summed E-state index contributed by atoms with van der Waals surface area (Å²) in [7, 11) is 9.28. The second kappa shape index (κ2) is 22.4. The third-order valence-electron chi connectivity index (χ3n) is 5.53. The average molecular weight is 496 g/mol. The number of benzene rings is 1. The first-order valence-electron chi connectivity index (χ1n) is 13.0. The molecule has 1 saturated carbocycles. The molecule has 3 rings (SSSR count). The minimum absolute atomic E-state index is 0.250. The maximum Gasteiger partial charge on any atom is 0.290 e. The van der Waals surface area contributed by atoms with Crippen LogP contribution in [0.4, 0.5) is 0 Å². The van der Waals surface area contributed by atoms with Crippen LogP contribution < -0.4 is 10.1 Å². The fourth-order valence-corrected chi connectivity index (χ4v) is 4.12. The molecule has 1 aliphatic carbocycles. The van der Waals surface area contributed by atoms with E-state index in [4.69, 9.17) is 14.6 Å². The molecule has 0 spiro atoms. The Balaban J connectivity index is 0. The van der Waals surface area contributed by atoms with E-state index in [0.717, 1.165) is 25.3 Å². The highest BCUT2D eigenvalue weighted by Gasteiger charge is 2.23. The molecule has 0 radical (unpaired) electrons. The molecule has 1 aromatic carbocycles. The van der Waals surface area contributed by atoms with Gasteiger partial charge in [-0.25, -0.2) is 0 Å². The van der Waals surface area contributed by atoms with Crippen LogP contribution in [0.15, 0.2) is 24.4 Å². The van der Waals surface area contributed by atoms with Gasteiger partial charge in [-0.2, -0.15) is 0 Å². The van der Waals surface area contributed by atoms with Crippen molar-refractivity contribution in [2.24, 2.45) is 0 Å². The normalized spacial score (nSPS) is 16.3. The monoisotopic (exact) mass is 495 g/mol. The Labute approximate surface area is 214 Å². The van der Waals surface area contributed by atoms with Crippen molar-refractivity contribution in [2.45, 2.75) is 78.8 Å². The summed E-state index contributed by atoms with van der Waals surface area (Å²) in [6.45, 7) is 12.1. The lowest BCUT2D eigenvalue weighted by molar-refractivity contribution is -0.122. The first kappa shape index (κ1) is 35.1. The van der Waals surface area contributed by atoms with Crippen molar-refractivity contribution in [3.8, 4) is 5.75 Å². The molecule has 1 fully saturated rings. The molecule has 2 aromatic rings. The number of ether oxygens (including phenoxy) is 2. The molecule has 2 N–H and O–H groups in total. The quantitative estimate of drug-likeness (QED) is 0.468. The standard InChI is InChI=1S/C21H33N3O.C2H6O.2C2H6.CH2O2/c1-5-22-17-6-8-18(9-7-17)24-15-16(12-13-23(2)3)20-14-19(25-4)10-11-21(20)24;1-3-2;2*1-2;2-1-3/h10-11,14-15,17-18,22H,5-9,12-13H2,1-4H3;1-2H3;2*1-2H3;1H,(H,2,3). The first-order valence-corrected chi connectivity index (χ1v) is 13.0. The molecule has 0 saturated heterocycles. The number of hydrogen-bond acceptors (Lipinski definition) is 5. The second-order valence-electron chi connectivity index (χ2n) is 8.07. The minimum atomic E-state index is -0.250.